The summed E-state index contributed by atoms with van der Waals surface area (Å²) in [7, 11) is 0. The van der Waals surface area contributed by atoms with Crippen molar-refractivity contribution in [2.45, 2.75) is 65.0 Å². The van der Waals surface area contributed by atoms with Crippen molar-refractivity contribution in [2.75, 3.05) is 5.32 Å². The van der Waals surface area contributed by atoms with E-state index in [4.69, 9.17) is 23.2 Å². The molecule has 0 bridgehead atoms. The van der Waals surface area contributed by atoms with E-state index in [2.05, 4.69) is 78.9 Å². The van der Waals surface area contributed by atoms with E-state index in [0.717, 1.165) is 42.8 Å². The summed E-state index contributed by atoms with van der Waals surface area (Å²) in [6, 6.07) is 14.0. The maximum absolute atomic E-state index is 6.42. The highest BCUT2D eigenvalue weighted by Crippen LogP contribution is 2.43. The summed E-state index contributed by atoms with van der Waals surface area (Å²) in [4.78, 5) is 0. The molecular formula is C26H31Cl2N5. The van der Waals surface area contributed by atoms with E-state index < -0.39 is 0 Å². The van der Waals surface area contributed by atoms with Gasteiger partial charge in [-0.1, -0.05) is 92.7 Å². The number of allylic oxidation sites excluding steroid dienone is 1. The van der Waals surface area contributed by atoms with Gasteiger partial charge in [0.05, 0.1) is 11.6 Å². The van der Waals surface area contributed by atoms with Crippen molar-refractivity contribution in [3.63, 3.8) is 0 Å². The van der Waals surface area contributed by atoms with Crippen LogP contribution in [0, 0.1) is 12.3 Å². The lowest BCUT2D eigenvalue weighted by Gasteiger charge is -2.35. The fourth-order valence-corrected chi connectivity index (χ4v) is 5.03. The van der Waals surface area contributed by atoms with Crippen molar-refractivity contribution < 1.29 is 0 Å². The van der Waals surface area contributed by atoms with Crippen LogP contribution in [0.2, 0.25) is 10.0 Å². The molecule has 0 radical (unpaired) electrons. The van der Waals surface area contributed by atoms with Crippen LogP contribution in [0.4, 0.5) is 5.69 Å². The minimum Gasteiger partial charge on any atom is -0.373 e. The zero-order chi connectivity index (χ0) is 23.6. The topological polar surface area (TPSA) is 55.6 Å². The first kappa shape index (κ1) is 23.8. The smallest absolute Gasteiger partial charge is 0.177 e. The Morgan fingerprint density at radius 2 is 1.76 bits per heavy atom. The normalized spacial score (nSPS) is 16.9. The van der Waals surface area contributed by atoms with Crippen molar-refractivity contribution in [3.05, 3.63) is 75.5 Å². The van der Waals surface area contributed by atoms with Gasteiger partial charge in [-0.05, 0) is 65.4 Å². The Kier molecular flexibility index (Phi) is 6.83. The summed E-state index contributed by atoms with van der Waals surface area (Å²) in [6.45, 7) is 8.70. The zero-order valence-electron chi connectivity index (χ0n) is 19.6. The van der Waals surface area contributed by atoms with Gasteiger partial charge >= 0.3 is 0 Å². The minimum absolute atomic E-state index is 0.0634. The van der Waals surface area contributed by atoms with Crippen molar-refractivity contribution in [3.8, 4) is 0 Å². The van der Waals surface area contributed by atoms with Crippen molar-refractivity contribution in [1.82, 2.24) is 20.2 Å². The molecule has 1 unspecified atom stereocenters. The number of benzene rings is 2. The average molecular weight is 484 g/mol. The van der Waals surface area contributed by atoms with Crippen molar-refractivity contribution in [2.24, 2.45) is 5.41 Å². The highest BCUT2D eigenvalue weighted by molar-refractivity contribution is 6.35. The Morgan fingerprint density at radius 3 is 2.39 bits per heavy atom. The van der Waals surface area contributed by atoms with Gasteiger partial charge in [0.15, 0.2) is 5.82 Å². The molecule has 5 nitrogen and oxygen atoms in total. The fourth-order valence-electron chi connectivity index (χ4n) is 4.56. The zero-order valence-corrected chi connectivity index (χ0v) is 21.2. The SMILES string of the molecule is Cc1ccc(NC2(c3nnnn3C(/C=C/c3ccc(Cl)cc3Cl)C(C)(C)C)CCCC2)cc1. The van der Waals surface area contributed by atoms with Gasteiger partial charge in [-0.2, -0.15) is 0 Å². The van der Waals surface area contributed by atoms with Crippen LogP contribution in [0.15, 0.2) is 48.5 Å². The minimum atomic E-state index is -0.298. The van der Waals surface area contributed by atoms with Gasteiger partial charge < -0.3 is 5.32 Å². The van der Waals surface area contributed by atoms with Crippen LogP contribution in [0.5, 0.6) is 0 Å². The summed E-state index contributed by atoms with van der Waals surface area (Å²) in [5.74, 6) is 0.882. The maximum atomic E-state index is 6.42. The number of aromatic nitrogens is 4. The van der Waals surface area contributed by atoms with Crippen LogP contribution < -0.4 is 5.32 Å². The Bertz CT molecular complexity index is 1120. The van der Waals surface area contributed by atoms with Gasteiger partial charge in [-0.3, -0.25) is 0 Å². The molecule has 1 atom stereocenters. The Hall–Kier alpha value is -2.37. The number of nitrogens with zero attached hydrogens (tertiary/aromatic N) is 4. The molecule has 1 saturated carbocycles. The van der Waals surface area contributed by atoms with Gasteiger partial charge in [0.25, 0.3) is 0 Å². The van der Waals surface area contributed by atoms with Gasteiger partial charge in [0.2, 0.25) is 0 Å². The molecule has 2 aromatic carbocycles. The second-order valence-electron chi connectivity index (χ2n) is 10.1. The number of anilines is 1. The molecule has 0 spiro atoms. The Balaban J connectivity index is 1.72. The third kappa shape index (κ3) is 5.25. The van der Waals surface area contributed by atoms with Gasteiger partial charge in [-0.25, -0.2) is 4.68 Å². The number of halogens is 2. The molecule has 1 aliphatic carbocycles. The molecular weight excluding hydrogens is 453 g/mol. The fraction of sp³-hybridized carbons (Fsp3) is 0.423. The second-order valence-corrected chi connectivity index (χ2v) is 10.9. The highest BCUT2D eigenvalue weighted by atomic mass is 35.5. The first-order valence-electron chi connectivity index (χ1n) is 11.4. The number of hydrogen-bond acceptors (Lipinski definition) is 4. The number of rotatable bonds is 6. The molecule has 0 saturated heterocycles. The van der Waals surface area contributed by atoms with Crippen LogP contribution in [-0.4, -0.2) is 20.2 Å². The van der Waals surface area contributed by atoms with Crippen LogP contribution in [0.25, 0.3) is 6.08 Å². The monoisotopic (exact) mass is 483 g/mol. The summed E-state index contributed by atoms with van der Waals surface area (Å²) >= 11 is 12.5. The molecule has 4 rings (SSSR count). The molecule has 0 aliphatic heterocycles. The Labute approximate surface area is 206 Å². The number of tetrazole rings is 1. The quantitative estimate of drug-likeness (QED) is 0.394. The summed E-state index contributed by atoms with van der Waals surface area (Å²) < 4.78 is 1.99. The predicted molar refractivity (Wildman–Crippen MR) is 137 cm³/mol. The molecule has 174 valence electrons. The number of nitrogens with one attached hydrogen (secondary N) is 1. The lowest BCUT2D eigenvalue weighted by molar-refractivity contribution is 0.254. The summed E-state index contributed by atoms with van der Waals surface area (Å²) in [6.07, 6.45) is 8.44. The van der Waals surface area contributed by atoms with E-state index in [1.54, 1.807) is 6.07 Å². The Morgan fingerprint density at radius 1 is 1.06 bits per heavy atom. The van der Waals surface area contributed by atoms with E-state index in [-0.39, 0.29) is 17.0 Å². The molecule has 1 N–H and O–H groups in total. The van der Waals surface area contributed by atoms with E-state index in [0.29, 0.717) is 10.0 Å². The van der Waals surface area contributed by atoms with E-state index in [1.807, 2.05) is 22.9 Å². The van der Waals surface area contributed by atoms with Gasteiger partial charge in [-0.15, -0.1) is 5.10 Å². The second kappa shape index (κ2) is 9.47. The molecule has 3 aromatic rings. The van der Waals surface area contributed by atoms with E-state index in [9.17, 15) is 0 Å². The lowest BCUT2D eigenvalue weighted by Crippen LogP contribution is -2.38. The molecule has 1 heterocycles. The van der Waals surface area contributed by atoms with Crippen LogP contribution in [0.3, 0.4) is 0 Å². The van der Waals surface area contributed by atoms with E-state index in [1.165, 1.54) is 5.56 Å². The van der Waals surface area contributed by atoms with Crippen molar-refractivity contribution in [1.29, 1.82) is 0 Å². The van der Waals surface area contributed by atoms with Crippen LogP contribution in [-0.2, 0) is 5.54 Å². The third-order valence-corrected chi connectivity index (χ3v) is 6.95. The lowest BCUT2D eigenvalue weighted by atomic mass is 9.85. The third-order valence-electron chi connectivity index (χ3n) is 6.38. The van der Waals surface area contributed by atoms with Gasteiger partial charge in [0.1, 0.15) is 0 Å². The van der Waals surface area contributed by atoms with Crippen LogP contribution in [0.1, 0.15) is 69.4 Å². The molecule has 1 aromatic heterocycles. The summed E-state index contributed by atoms with van der Waals surface area (Å²) in [5.41, 5.74) is 2.83. The van der Waals surface area contributed by atoms with Crippen molar-refractivity contribution >= 4 is 35.0 Å². The van der Waals surface area contributed by atoms with Gasteiger partial charge in [0, 0.05) is 15.7 Å². The molecule has 1 fully saturated rings. The number of aryl methyl sites for hydroxylation is 1. The average Bonchev–Trinajstić information content (AvgIpc) is 3.41. The molecule has 7 heteroatoms. The number of hydrogen-bond donors (Lipinski definition) is 1. The molecule has 33 heavy (non-hydrogen) atoms. The largest absolute Gasteiger partial charge is 0.373 e. The summed E-state index contributed by atoms with van der Waals surface area (Å²) in [5, 5.41) is 18.2. The van der Waals surface area contributed by atoms with Crippen LogP contribution >= 0.6 is 23.2 Å². The first-order valence-corrected chi connectivity index (χ1v) is 12.2. The predicted octanol–water partition coefficient (Wildman–Crippen LogP) is 7.47. The van der Waals surface area contributed by atoms with E-state index >= 15 is 0 Å². The standard InChI is InChI=1S/C26H31Cl2N5/c1-18-7-12-21(13-8-18)29-26(15-5-6-16-26)24-30-31-32-33(24)23(25(2,3)4)14-10-19-9-11-20(27)17-22(19)28/h7-14,17,23,29H,5-6,15-16H2,1-4H3/b14-10+. The maximum Gasteiger partial charge on any atom is 0.177 e. The first-order chi connectivity index (χ1) is 15.7. The highest BCUT2D eigenvalue weighted by Gasteiger charge is 2.42. The molecule has 1 aliphatic rings. The molecule has 0 amide bonds.